The molecule has 2 aromatic rings. The van der Waals surface area contributed by atoms with Gasteiger partial charge in [0.1, 0.15) is 5.82 Å². The first-order valence-corrected chi connectivity index (χ1v) is 6.57. The summed E-state index contributed by atoms with van der Waals surface area (Å²) in [5, 5.41) is 12.1. The van der Waals surface area contributed by atoms with Crippen LogP contribution in [-0.2, 0) is 7.05 Å². The lowest BCUT2D eigenvalue weighted by Crippen LogP contribution is -2.40. The van der Waals surface area contributed by atoms with Crippen LogP contribution in [0.1, 0.15) is 44.0 Å². The smallest absolute Gasteiger partial charge is 0.154 e. The zero-order valence-electron chi connectivity index (χ0n) is 12.3. The van der Waals surface area contributed by atoms with Crippen LogP contribution in [0.5, 0.6) is 0 Å². The van der Waals surface area contributed by atoms with E-state index in [-0.39, 0.29) is 11.6 Å². The molecule has 0 bridgehead atoms. The minimum absolute atomic E-state index is 0.000360. The van der Waals surface area contributed by atoms with Gasteiger partial charge in [0.2, 0.25) is 0 Å². The molecule has 0 aliphatic carbocycles. The highest BCUT2D eigenvalue weighted by Crippen LogP contribution is 2.23. The number of hydrogen-bond acceptors (Lipinski definition) is 3. The van der Waals surface area contributed by atoms with Gasteiger partial charge in [-0.1, -0.05) is 30.3 Å². The molecule has 0 aliphatic heterocycles. The number of benzene rings is 1. The zero-order chi connectivity index (χ0) is 14.0. The third-order valence-corrected chi connectivity index (χ3v) is 3.09. The van der Waals surface area contributed by atoms with E-state index in [1.165, 1.54) is 5.56 Å². The maximum absolute atomic E-state index is 4.33. The zero-order valence-corrected chi connectivity index (χ0v) is 12.3. The molecule has 102 valence electrons. The first-order chi connectivity index (χ1) is 8.88. The summed E-state index contributed by atoms with van der Waals surface area (Å²) in [6, 6.07) is 10.4. The molecule has 0 saturated heterocycles. The molecule has 2 rings (SSSR count). The molecular formula is C15H22N4. The predicted molar refractivity (Wildman–Crippen MR) is 76.9 cm³/mol. The minimum Gasteiger partial charge on any atom is -0.317 e. The van der Waals surface area contributed by atoms with Gasteiger partial charge in [-0.15, -0.1) is 10.2 Å². The average molecular weight is 258 g/mol. The first-order valence-electron chi connectivity index (χ1n) is 6.57. The van der Waals surface area contributed by atoms with Gasteiger partial charge in [0, 0.05) is 12.6 Å². The van der Waals surface area contributed by atoms with Gasteiger partial charge in [-0.3, -0.25) is 5.32 Å². The van der Waals surface area contributed by atoms with Gasteiger partial charge in [0.25, 0.3) is 0 Å². The molecule has 0 spiro atoms. The Bertz CT molecular complexity index is 537. The molecular weight excluding hydrogens is 236 g/mol. The Labute approximate surface area is 114 Å². The highest BCUT2D eigenvalue weighted by Gasteiger charge is 2.24. The van der Waals surface area contributed by atoms with Gasteiger partial charge in [-0.2, -0.15) is 0 Å². The van der Waals surface area contributed by atoms with Crippen molar-refractivity contribution in [1.29, 1.82) is 0 Å². The van der Waals surface area contributed by atoms with Crippen molar-refractivity contribution >= 4 is 0 Å². The molecule has 1 atom stereocenters. The van der Waals surface area contributed by atoms with Crippen LogP contribution in [0, 0.1) is 6.92 Å². The van der Waals surface area contributed by atoms with Crippen LogP contribution in [0.4, 0.5) is 0 Å². The van der Waals surface area contributed by atoms with E-state index in [0.717, 1.165) is 11.6 Å². The fourth-order valence-electron chi connectivity index (χ4n) is 2.05. The number of nitrogens with zero attached hydrogens (tertiary/aromatic N) is 3. The Kier molecular flexibility index (Phi) is 3.71. The summed E-state index contributed by atoms with van der Waals surface area (Å²) >= 11 is 0. The maximum atomic E-state index is 4.33. The highest BCUT2D eigenvalue weighted by atomic mass is 15.3. The Balaban J connectivity index is 2.43. The fraction of sp³-hybridized carbons (Fsp3) is 0.467. The minimum atomic E-state index is 0.000360. The Morgan fingerprint density at radius 3 is 2.21 bits per heavy atom. The van der Waals surface area contributed by atoms with Crippen LogP contribution in [-0.4, -0.2) is 20.3 Å². The third-order valence-electron chi connectivity index (χ3n) is 3.09. The van der Waals surface area contributed by atoms with E-state index >= 15 is 0 Å². The lowest BCUT2D eigenvalue weighted by molar-refractivity contribution is 0.378. The monoisotopic (exact) mass is 258 g/mol. The van der Waals surface area contributed by atoms with E-state index in [4.69, 9.17) is 0 Å². The fourth-order valence-corrected chi connectivity index (χ4v) is 2.05. The topological polar surface area (TPSA) is 42.7 Å². The SMILES string of the molecule is Cc1nnc(C(NC(C)(C)C)c2ccccc2)n1C. The normalized spacial score (nSPS) is 13.5. The van der Waals surface area contributed by atoms with Crippen molar-refractivity contribution in [3.8, 4) is 0 Å². The van der Waals surface area contributed by atoms with Crippen molar-refractivity contribution < 1.29 is 0 Å². The second-order valence-corrected chi connectivity index (χ2v) is 5.90. The van der Waals surface area contributed by atoms with Crippen LogP contribution >= 0.6 is 0 Å². The van der Waals surface area contributed by atoms with E-state index in [1.54, 1.807) is 0 Å². The molecule has 1 aromatic heterocycles. The quantitative estimate of drug-likeness (QED) is 0.920. The predicted octanol–water partition coefficient (Wildman–Crippen LogP) is 2.60. The molecule has 4 nitrogen and oxygen atoms in total. The van der Waals surface area contributed by atoms with Gasteiger partial charge < -0.3 is 4.57 Å². The van der Waals surface area contributed by atoms with Crippen LogP contribution in [0.25, 0.3) is 0 Å². The van der Waals surface area contributed by atoms with Crippen LogP contribution in [0.15, 0.2) is 30.3 Å². The van der Waals surface area contributed by atoms with Crippen molar-refractivity contribution in [2.75, 3.05) is 0 Å². The molecule has 0 amide bonds. The second kappa shape index (κ2) is 5.13. The number of rotatable bonds is 3. The molecule has 1 N–H and O–H groups in total. The van der Waals surface area contributed by atoms with Gasteiger partial charge >= 0.3 is 0 Å². The lowest BCUT2D eigenvalue weighted by atomic mass is 10.0. The number of aryl methyl sites for hydroxylation is 1. The maximum Gasteiger partial charge on any atom is 0.154 e. The first kappa shape index (κ1) is 13.7. The Morgan fingerprint density at radius 2 is 1.74 bits per heavy atom. The summed E-state index contributed by atoms with van der Waals surface area (Å²) in [5.74, 6) is 1.87. The van der Waals surface area contributed by atoms with Gasteiger partial charge in [0.05, 0.1) is 6.04 Å². The summed E-state index contributed by atoms with van der Waals surface area (Å²) in [4.78, 5) is 0. The average Bonchev–Trinajstić information content (AvgIpc) is 2.67. The van der Waals surface area contributed by atoms with Crippen molar-refractivity contribution in [3.63, 3.8) is 0 Å². The number of hydrogen-bond donors (Lipinski definition) is 1. The van der Waals surface area contributed by atoms with Gasteiger partial charge in [-0.05, 0) is 33.3 Å². The molecule has 0 saturated carbocycles. The molecule has 1 aromatic carbocycles. The largest absolute Gasteiger partial charge is 0.317 e. The van der Waals surface area contributed by atoms with E-state index in [2.05, 4.69) is 60.6 Å². The van der Waals surface area contributed by atoms with Gasteiger partial charge in [0.15, 0.2) is 5.82 Å². The van der Waals surface area contributed by atoms with Crippen LogP contribution in [0.2, 0.25) is 0 Å². The third kappa shape index (κ3) is 3.20. The molecule has 19 heavy (non-hydrogen) atoms. The van der Waals surface area contributed by atoms with E-state index in [1.807, 2.05) is 24.6 Å². The van der Waals surface area contributed by atoms with Crippen LogP contribution < -0.4 is 5.32 Å². The summed E-state index contributed by atoms with van der Waals surface area (Å²) in [7, 11) is 2.00. The van der Waals surface area contributed by atoms with Crippen molar-refractivity contribution in [1.82, 2.24) is 20.1 Å². The molecule has 4 heteroatoms. The summed E-state index contributed by atoms with van der Waals surface area (Å²) in [5.41, 5.74) is 1.20. The Morgan fingerprint density at radius 1 is 1.11 bits per heavy atom. The number of nitrogens with one attached hydrogen (secondary N) is 1. The summed E-state index contributed by atoms with van der Waals surface area (Å²) in [6.45, 7) is 8.44. The van der Waals surface area contributed by atoms with Crippen molar-refractivity contribution in [2.45, 2.75) is 39.3 Å². The molecule has 0 radical (unpaired) electrons. The summed E-state index contributed by atoms with van der Waals surface area (Å²) < 4.78 is 2.04. The summed E-state index contributed by atoms with van der Waals surface area (Å²) in [6.07, 6.45) is 0. The highest BCUT2D eigenvalue weighted by molar-refractivity contribution is 5.25. The van der Waals surface area contributed by atoms with Crippen molar-refractivity contribution in [2.24, 2.45) is 7.05 Å². The molecule has 0 aliphatic rings. The van der Waals surface area contributed by atoms with Crippen molar-refractivity contribution in [3.05, 3.63) is 47.5 Å². The standard InChI is InChI=1S/C15H22N4/c1-11-17-18-14(19(11)5)13(16-15(2,3)4)12-9-7-6-8-10-12/h6-10,13,16H,1-5H3. The van der Waals surface area contributed by atoms with E-state index in [0.29, 0.717) is 0 Å². The lowest BCUT2D eigenvalue weighted by Gasteiger charge is -2.28. The van der Waals surface area contributed by atoms with Crippen LogP contribution in [0.3, 0.4) is 0 Å². The van der Waals surface area contributed by atoms with Gasteiger partial charge in [-0.25, -0.2) is 0 Å². The Hall–Kier alpha value is -1.68. The molecule has 1 unspecified atom stereocenters. The second-order valence-electron chi connectivity index (χ2n) is 5.90. The van der Waals surface area contributed by atoms with E-state index in [9.17, 15) is 0 Å². The number of aromatic nitrogens is 3. The molecule has 0 fully saturated rings. The van der Waals surface area contributed by atoms with E-state index < -0.39 is 0 Å². The molecule has 1 heterocycles.